The van der Waals surface area contributed by atoms with Crippen LogP contribution >= 0.6 is 16.9 Å². The Kier molecular flexibility index (Phi) is 8.18. The van der Waals surface area contributed by atoms with Crippen molar-refractivity contribution in [2.75, 3.05) is 26.1 Å². The van der Waals surface area contributed by atoms with Crippen molar-refractivity contribution < 1.29 is 50.5 Å². The van der Waals surface area contributed by atoms with Crippen molar-refractivity contribution in [3.8, 4) is 0 Å². The number of hydrogen-bond acceptors (Lipinski definition) is 15. The van der Waals surface area contributed by atoms with Gasteiger partial charge in [0.05, 0.1) is 26.7 Å². The third-order valence-electron chi connectivity index (χ3n) is 6.62. The normalized spacial score (nSPS) is 36.4. The van der Waals surface area contributed by atoms with Gasteiger partial charge in [0.15, 0.2) is 45.3 Å². The highest BCUT2D eigenvalue weighted by Gasteiger charge is 2.54. The molecule has 18 nitrogen and oxygen atoms in total. The Morgan fingerprint density at radius 1 is 1.10 bits per heavy atom. The first-order valence-corrected chi connectivity index (χ1v) is 14.5. The number of imidazole rings is 1. The van der Waals surface area contributed by atoms with Crippen molar-refractivity contribution >= 4 is 33.8 Å². The quantitative estimate of drug-likeness (QED) is 0.226. The molecule has 0 aromatic carbocycles. The van der Waals surface area contributed by atoms with E-state index < -0.39 is 90.5 Å². The number of fused-ring (bicyclic) bond motifs is 4. The van der Waals surface area contributed by atoms with Gasteiger partial charge in [0.2, 0.25) is 0 Å². The lowest BCUT2D eigenvalue weighted by Gasteiger charge is -2.26. The van der Waals surface area contributed by atoms with Crippen LogP contribution in [0.25, 0.3) is 11.2 Å². The Hall–Kier alpha value is -2.77. The predicted octanol–water partition coefficient (Wildman–Crippen LogP) is 0.441. The predicted molar refractivity (Wildman–Crippen MR) is 134 cm³/mol. The van der Waals surface area contributed by atoms with Crippen LogP contribution in [-0.2, 0) is 41.7 Å². The maximum Gasteiger partial charge on any atom is 0.502 e. The molecule has 3 saturated heterocycles. The molecule has 0 saturated carbocycles. The van der Waals surface area contributed by atoms with Crippen molar-refractivity contribution in [3.05, 3.63) is 45.8 Å². The highest BCUT2D eigenvalue weighted by molar-refractivity contribution is 7.48. The Labute approximate surface area is 234 Å². The smallest absolute Gasteiger partial charge is 0.382 e. The van der Waals surface area contributed by atoms with Crippen LogP contribution in [0.5, 0.6) is 0 Å². The summed E-state index contributed by atoms with van der Waals surface area (Å²) in [6.07, 6.45) is -9.01. The van der Waals surface area contributed by atoms with Gasteiger partial charge < -0.3 is 24.3 Å². The average molecular weight is 637 g/mol. The van der Waals surface area contributed by atoms with Crippen LogP contribution in [0, 0.1) is 0 Å². The molecule has 6 heterocycles. The standard InChI is InChI=1S/C20H23F2N7O11P2/c1-33-40-42(32)35-5-9-14(12(22)18(37-9)29-7-26-13-16(23)24-6-25-17(13)29)38-41-34-4-8-11(21)15(39-42)19(36-8)28-3-2-10(30)27-20(28)31/h2-3,6-9,11-12,14-15,18-19,41H,4-5H2,1H3,(H2,23,24,25)(H,27,30,31)/t8-,9-,11-,12-,14-,15-,18-,19-,42?/m1/s1. The number of anilines is 1. The number of ether oxygens (including phenoxy) is 2. The molecule has 3 aromatic heterocycles. The maximum absolute atomic E-state index is 15.8. The zero-order valence-corrected chi connectivity index (χ0v) is 23.2. The van der Waals surface area contributed by atoms with Gasteiger partial charge in [-0.15, -0.1) is 4.67 Å². The lowest BCUT2D eigenvalue weighted by molar-refractivity contribution is -0.208. The molecule has 3 aliphatic heterocycles. The molecule has 3 aromatic rings. The number of hydrogen-bond donors (Lipinski definition) is 2. The van der Waals surface area contributed by atoms with Crippen LogP contribution in [0.4, 0.5) is 14.6 Å². The van der Waals surface area contributed by atoms with Gasteiger partial charge in [-0.05, 0) is 0 Å². The van der Waals surface area contributed by atoms with Crippen molar-refractivity contribution in [3.63, 3.8) is 0 Å². The van der Waals surface area contributed by atoms with E-state index in [4.69, 9.17) is 38.0 Å². The number of phosphoric ester groups is 1. The third kappa shape index (κ3) is 5.39. The van der Waals surface area contributed by atoms with E-state index >= 15 is 8.78 Å². The van der Waals surface area contributed by atoms with E-state index in [1.165, 1.54) is 17.2 Å². The van der Waals surface area contributed by atoms with E-state index in [0.717, 1.165) is 23.9 Å². The van der Waals surface area contributed by atoms with Crippen molar-refractivity contribution in [2.24, 2.45) is 0 Å². The molecule has 0 radical (unpaired) electrons. The summed E-state index contributed by atoms with van der Waals surface area (Å²) in [6, 6.07) is 0.999. The Bertz CT molecular complexity index is 1610. The largest absolute Gasteiger partial charge is 0.502 e. The highest BCUT2D eigenvalue weighted by Crippen LogP contribution is 2.55. The van der Waals surface area contributed by atoms with E-state index in [-0.39, 0.29) is 17.0 Å². The first-order chi connectivity index (χ1) is 20.2. The summed E-state index contributed by atoms with van der Waals surface area (Å²) >= 11 is 0. The summed E-state index contributed by atoms with van der Waals surface area (Å²) in [5.41, 5.74) is 4.57. The number of rotatable bonds is 4. The fraction of sp³-hybridized carbons (Fsp3) is 0.550. The lowest BCUT2D eigenvalue weighted by atomic mass is 10.1. The van der Waals surface area contributed by atoms with E-state index in [1.54, 1.807) is 0 Å². The number of alkyl halides is 2. The molecule has 6 rings (SSSR count). The van der Waals surface area contributed by atoms with Gasteiger partial charge in [0.25, 0.3) is 5.56 Å². The summed E-state index contributed by atoms with van der Waals surface area (Å²) < 4.78 is 85.2. The van der Waals surface area contributed by atoms with E-state index in [2.05, 4.69) is 19.8 Å². The minimum absolute atomic E-state index is 0.0735. The van der Waals surface area contributed by atoms with E-state index in [9.17, 15) is 14.2 Å². The molecule has 3 N–H and O–H groups in total. The Balaban J connectivity index is 1.29. The zero-order valence-electron chi connectivity index (χ0n) is 21.3. The molecular formula is C20H23F2N7O11P2. The molecular weight excluding hydrogens is 614 g/mol. The fourth-order valence-corrected chi connectivity index (χ4v) is 6.59. The summed E-state index contributed by atoms with van der Waals surface area (Å²) in [5, 5.41) is 0. The first kappa shape index (κ1) is 29.3. The minimum atomic E-state index is -4.82. The minimum Gasteiger partial charge on any atom is -0.382 e. The molecule has 2 unspecified atom stereocenters. The fourth-order valence-electron chi connectivity index (χ4n) is 4.72. The second kappa shape index (κ2) is 11.7. The molecule has 0 spiro atoms. The number of nitrogens with one attached hydrogen (secondary N) is 1. The van der Waals surface area contributed by atoms with Gasteiger partial charge in [0, 0.05) is 12.3 Å². The SMILES string of the molecule is COOP1(=O)OC[C@H]2O[C@@H](n3cnc4c(N)ncnc43)[C@H](F)[C@@H]2OPOC[C@H]2O[C@@H](n3ccc(=O)[nH]c3=O)[C@H](O1)[C@@H]2F. The summed E-state index contributed by atoms with van der Waals surface area (Å²) in [5.74, 6) is 0.0735. The topological polar surface area (TPSA) is 215 Å². The molecule has 42 heavy (non-hydrogen) atoms. The number of nitrogens with two attached hydrogens (primary N) is 1. The molecule has 3 aliphatic rings. The summed E-state index contributed by atoms with van der Waals surface area (Å²) in [7, 11) is -4.65. The molecule has 10 atom stereocenters. The highest BCUT2D eigenvalue weighted by atomic mass is 31.2. The van der Waals surface area contributed by atoms with Crippen LogP contribution in [0.15, 0.2) is 34.5 Å². The van der Waals surface area contributed by atoms with E-state index in [0.29, 0.717) is 0 Å². The number of nitrogen functional groups attached to an aromatic ring is 1. The van der Waals surface area contributed by atoms with Gasteiger partial charge in [0.1, 0.15) is 36.3 Å². The van der Waals surface area contributed by atoms with Crippen LogP contribution in [0.3, 0.4) is 0 Å². The molecule has 0 aliphatic carbocycles. The van der Waals surface area contributed by atoms with Gasteiger partial charge >= 0.3 is 13.5 Å². The Morgan fingerprint density at radius 3 is 2.69 bits per heavy atom. The van der Waals surface area contributed by atoms with Gasteiger partial charge in [-0.1, -0.05) is 0 Å². The maximum atomic E-state index is 15.8. The van der Waals surface area contributed by atoms with Crippen LogP contribution in [-0.4, -0.2) is 86.2 Å². The number of halogens is 2. The van der Waals surface area contributed by atoms with Crippen LogP contribution < -0.4 is 17.0 Å². The average Bonchev–Trinajstić information content (AvgIpc) is 3.60. The van der Waals surface area contributed by atoms with Gasteiger partial charge in [-0.25, -0.2) is 38.0 Å². The zero-order chi connectivity index (χ0) is 29.6. The third-order valence-corrected chi connectivity index (χ3v) is 8.57. The van der Waals surface area contributed by atoms with Crippen molar-refractivity contribution in [2.45, 2.75) is 49.2 Å². The monoisotopic (exact) mass is 637 g/mol. The van der Waals surface area contributed by atoms with Gasteiger partial charge in [-0.3, -0.25) is 28.0 Å². The number of aromatic amines is 1. The molecule has 228 valence electrons. The summed E-state index contributed by atoms with van der Waals surface area (Å²) in [4.78, 5) is 42.6. The molecule has 2 bridgehead atoms. The van der Waals surface area contributed by atoms with Gasteiger partial charge in [-0.2, -0.15) is 0 Å². The number of phosphoric acid groups is 1. The van der Waals surface area contributed by atoms with Crippen molar-refractivity contribution in [1.82, 2.24) is 29.1 Å². The van der Waals surface area contributed by atoms with Crippen LogP contribution in [0.2, 0.25) is 0 Å². The van der Waals surface area contributed by atoms with Crippen molar-refractivity contribution in [1.29, 1.82) is 0 Å². The molecule has 22 heteroatoms. The van der Waals surface area contributed by atoms with E-state index in [1.807, 2.05) is 4.98 Å². The lowest BCUT2D eigenvalue weighted by Crippen LogP contribution is -2.38. The Morgan fingerprint density at radius 2 is 1.90 bits per heavy atom. The van der Waals surface area contributed by atoms with Crippen LogP contribution in [0.1, 0.15) is 12.5 Å². The molecule has 0 amide bonds. The second-order valence-corrected chi connectivity index (χ2v) is 11.4. The number of H-pyrrole nitrogens is 1. The first-order valence-electron chi connectivity index (χ1n) is 12.2. The summed E-state index contributed by atoms with van der Waals surface area (Å²) in [6.45, 7) is -1.10. The number of aromatic nitrogens is 6. The second-order valence-electron chi connectivity index (χ2n) is 9.15. The number of nitrogens with zero attached hydrogens (tertiary/aromatic N) is 5. The molecule has 3 fully saturated rings.